The third-order valence-corrected chi connectivity index (χ3v) is 2.99. The molecule has 3 nitrogen and oxygen atoms in total. The lowest BCUT2D eigenvalue weighted by molar-refractivity contribution is 0.337. The lowest BCUT2D eigenvalue weighted by Crippen LogP contribution is -2.02. The zero-order valence-electron chi connectivity index (χ0n) is 7.57. The van der Waals surface area contributed by atoms with E-state index in [1.54, 1.807) is 0 Å². The van der Waals surface area contributed by atoms with Crippen molar-refractivity contribution in [1.82, 2.24) is 0 Å². The van der Waals surface area contributed by atoms with Crippen molar-refractivity contribution in [1.29, 1.82) is 0 Å². The summed E-state index contributed by atoms with van der Waals surface area (Å²) in [5, 5.41) is 3.12. The van der Waals surface area contributed by atoms with Crippen LogP contribution in [0.2, 0.25) is 0 Å². The second-order valence-electron chi connectivity index (χ2n) is 2.19. The normalized spacial score (nSPS) is 10.3. The summed E-state index contributed by atoms with van der Waals surface area (Å²) >= 11 is 1.41. The summed E-state index contributed by atoms with van der Waals surface area (Å²) in [6.07, 6.45) is 0. The fourth-order valence-electron chi connectivity index (χ4n) is 0.893. The van der Waals surface area contributed by atoms with Gasteiger partial charge in [0.1, 0.15) is 11.1 Å². The van der Waals surface area contributed by atoms with Gasteiger partial charge in [-0.05, 0) is 13.8 Å². The molecule has 1 aromatic heterocycles. The van der Waals surface area contributed by atoms with Crippen molar-refractivity contribution >= 4 is 25.1 Å². The first-order valence-corrected chi connectivity index (χ1v) is 5.73. The van der Waals surface area contributed by atoms with Crippen LogP contribution < -0.4 is 14.8 Å². The highest BCUT2D eigenvalue weighted by Gasteiger charge is 2.13. The molecule has 0 amide bonds. The lowest BCUT2D eigenvalue weighted by Gasteiger charge is -2.01. The highest BCUT2D eigenvalue weighted by atomic mass is 32.1. The van der Waals surface area contributed by atoms with Crippen molar-refractivity contribution in [2.24, 2.45) is 0 Å². The van der Waals surface area contributed by atoms with E-state index in [1.165, 1.54) is 11.3 Å². The average molecular weight is 218 g/mol. The molecule has 1 rings (SSSR count). The molecule has 1 heterocycles. The van der Waals surface area contributed by atoms with E-state index in [-0.39, 0.29) is 8.46 Å². The fraction of sp³-hybridized carbons (Fsp3) is 0.500. The monoisotopic (exact) mass is 218 g/mol. The Labute approximate surface area is 82.9 Å². The Kier molecular flexibility index (Phi) is 4.19. The third kappa shape index (κ3) is 2.42. The maximum absolute atomic E-state index is 10.8. The molecule has 0 spiro atoms. The van der Waals surface area contributed by atoms with Crippen LogP contribution in [-0.2, 0) is 4.57 Å². The van der Waals surface area contributed by atoms with Crippen LogP contribution in [0.3, 0.4) is 0 Å². The molecule has 0 atom stereocenters. The van der Waals surface area contributed by atoms with Crippen molar-refractivity contribution in [3.05, 3.63) is 5.38 Å². The van der Waals surface area contributed by atoms with E-state index < -0.39 is 0 Å². The lowest BCUT2D eigenvalue weighted by atomic mass is 10.5. The zero-order valence-corrected chi connectivity index (χ0v) is 9.28. The Morgan fingerprint density at radius 2 is 2.08 bits per heavy atom. The number of rotatable bonds is 5. The van der Waals surface area contributed by atoms with Gasteiger partial charge in [0, 0.05) is 5.38 Å². The third-order valence-electron chi connectivity index (χ3n) is 1.37. The van der Waals surface area contributed by atoms with Gasteiger partial charge >= 0.3 is 0 Å². The van der Waals surface area contributed by atoms with E-state index >= 15 is 0 Å². The molecule has 72 valence electrons. The van der Waals surface area contributed by atoms with Crippen LogP contribution in [0.1, 0.15) is 13.8 Å². The van der Waals surface area contributed by atoms with Crippen LogP contribution >= 0.6 is 19.8 Å². The van der Waals surface area contributed by atoms with E-state index in [0.717, 1.165) is 0 Å². The second kappa shape index (κ2) is 5.20. The van der Waals surface area contributed by atoms with Crippen LogP contribution in [0, 0.1) is 0 Å². The van der Waals surface area contributed by atoms with E-state index in [1.807, 2.05) is 19.2 Å². The Bertz CT molecular complexity index is 261. The zero-order chi connectivity index (χ0) is 9.68. The summed E-state index contributed by atoms with van der Waals surface area (Å²) in [5.41, 5.74) is 0. The molecule has 0 radical (unpaired) electrons. The molecule has 0 N–H and O–H groups in total. The largest absolute Gasteiger partial charge is 0.492 e. The molecule has 0 fully saturated rings. The van der Waals surface area contributed by atoms with Gasteiger partial charge in [0.15, 0.2) is 5.06 Å². The molecule has 0 aliphatic rings. The molecule has 0 saturated heterocycles. The standard InChI is InChI=1S/C8H11O3PS/c1-3-10-6-5-13-8(11-4-2)7(6)12-9/h5H,3-4H2,1-2H3. The first-order chi connectivity index (χ1) is 6.33. The summed E-state index contributed by atoms with van der Waals surface area (Å²) in [6, 6.07) is 0. The topological polar surface area (TPSA) is 35.5 Å². The Hall–Kier alpha value is -0.600. The van der Waals surface area contributed by atoms with Gasteiger partial charge in [-0.25, -0.2) is 0 Å². The predicted octanol–water partition coefficient (Wildman–Crippen LogP) is 2.46. The molecule has 0 aromatic carbocycles. The van der Waals surface area contributed by atoms with E-state index in [9.17, 15) is 4.57 Å². The number of thiophene rings is 1. The summed E-state index contributed by atoms with van der Waals surface area (Å²) in [7, 11) is -0.0494. The molecule has 0 unspecified atom stereocenters. The van der Waals surface area contributed by atoms with Crippen molar-refractivity contribution in [3.63, 3.8) is 0 Å². The Morgan fingerprint density at radius 1 is 1.38 bits per heavy atom. The summed E-state index contributed by atoms with van der Waals surface area (Å²) in [6.45, 7) is 4.94. The Morgan fingerprint density at radius 3 is 2.62 bits per heavy atom. The first-order valence-electron chi connectivity index (χ1n) is 4.03. The van der Waals surface area contributed by atoms with Gasteiger partial charge in [-0.15, -0.1) is 11.3 Å². The molecule has 1 aromatic rings. The minimum Gasteiger partial charge on any atom is -0.492 e. The average Bonchev–Trinajstić information content (AvgIpc) is 2.49. The molecule has 5 heteroatoms. The minimum absolute atomic E-state index is 0.0494. The maximum atomic E-state index is 10.8. The predicted molar refractivity (Wildman–Crippen MR) is 53.9 cm³/mol. The van der Waals surface area contributed by atoms with Gasteiger partial charge in [-0.3, -0.25) is 4.57 Å². The molecule has 0 saturated carbocycles. The van der Waals surface area contributed by atoms with Crippen LogP contribution in [0.5, 0.6) is 10.8 Å². The van der Waals surface area contributed by atoms with Crippen LogP contribution in [-0.4, -0.2) is 13.2 Å². The molecular formula is C8H11O3PS. The van der Waals surface area contributed by atoms with Crippen molar-refractivity contribution < 1.29 is 14.0 Å². The molecule has 0 bridgehead atoms. The Balaban J connectivity index is 2.89. The van der Waals surface area contributed by atoms with Crippen molar-refractivity contribution in [2.45, 2.75) is 13.8 Å². The van der Waals surface area contributed by atoms with Crippen molar-refractivity contribution in [3.8, 4) is 10.8 Å². The number of ether oxygens (including phenoxy) is 2. The highest BCUT2D eigenvalue weighted by Crippen LogP contribution is 2.29. The smallest absolute Gasteiger partial charge is 0.201 e. The number of hydrogen-bond donors (Lipinski definition) is 0. The van der Waals surface area contributed by atoms with Gasteiger partial charge in [0.25, 0.3) is 0 Å². The molecule has 0 aliphatic carbocycles. The maximum Gasteiger partial charge on any atom is 0.201 e. The molecule has 13 heavy (non-hydrogen) atoms. The van der Waals surface area contributed by atoms with Gasteiger partial charge in [0.05, 0.1) is 13.2 Å². The van der Waals surface area contributed by atoms with Gasteiger partial charge in [-0.1, -0.05) is 0 Å². The minimum atomic E-state index is -0.0494. The van der Waals surface area contributed by atoms with Crippen LogP contribution in [0.4, 0.5) is 0 Å². The van der Waals surface area contributed by atoms with Gasteiger partial charge < -0.3 is 9.47 Å². The molecular weight excluding hydrogens is 207 g/mol. The first kappa shape index (κ1) is 10.5. The van der Waals surface area contributed by atoms with E-state index in [4.69, 9.17) is 9.47 Å². The highest BCUT2D eigenvalue weighted by molar-refractivity contribution is 7.36. The fourth-order valence-corrected chi connectivity index (χ4v) is 2.41. The molecule has 0 aliphatic heterocycles. The van der Waals surface area contributed by atoms with Crippen LogP contribution in [0.25, 0.3) is 0 Å². The van der Waals surface area contributed by atoms with E-state index in [2.05, 4.69) is 0 Å². The van der Waals surface area contributed by atoms with Crippen molar-refractivity contribution in [2.75, 3.05) is 13.2 Å². The van der Waals surface area contributed by atoms with Crippen LogP contribution in [0.15, 0.2) is 5.38 Å². The quantitative estimate of drug-likeness (QED) is 0.712. The van der Waals surface area contributed by atoms with Gasteiger partial charge in [0.2, 0.25) is 8.46 Å². The summed E-state index contributed by atoms with van der Waals surface area (Å²) < 4.78 is 21.4. The summed E-state index contributed by atoms with van der Waals surface area (Å²) in [5.74, 6) is 0.660. The van der Waals surface area contributed by atoms with E-state index in [0.29, 0.717) is 29.3 Å². The second-order valence-corrected chi connectivity index (χ2v) is 3.67. The summed E-state index contributed by atoms with van der Waals surface area (Å²) in [4.78, 5) is 0. The van der Waals surface area contributed by atoms with Gasteiger partial charge in [-0.2, -0.15) is 0 Å². The SMILES string of the molecule is CCOc1csc(OCC)c1P=O. The number of hydrogen-bond acceptors (Lipinski definition) is 4.